The Morgan fingerprint density at radius 3 is 2.65 bits per heavy atom. The number of rotatable bonds is 5. The van der Waals surface area contributed by atoms with E-state index in [0.29, 0.717) is 22.8 Å². The van der Waals surface area contributed by atoms with Gasteiger partial charge in [-0.05, 0) is 31.3 Å². The zero-order chi connectivity index (χ0) is 21.7. The van der Waals surface area contributed by atoms with Crippen molar-refractivity contribution in [3.63, 3.8) is 0 Å². The number of hydrogen-bond acceptors (Lipinski definition) is 8. The molecule has 0 radical (unpaired) electrons. The van der Waals surface area contributed by atoms with E-state index in [-0.39, 0.29) is 39.2 Å². The predicted molar refractivity (Wildman–Crippen MR) is 127 cm³/mol. The molecule has 0 aromatic heterocycles. The van der Waals surface area contributed by atoms with Crippen molar-refractivity contribution in [1.29, 1.82) is 0 Å². The second-order valence-electron chi connectivity index (χ2n) is 7.24. The Kier molecular flexibility index (Phi) is 7.07. The van der Waals surface area contributed by atoms with Crippen molar-refractivity contribution >= 4 is 56.1 Å². The third kappa shape index (κ3) is 4.37. The molecule has 2 unspecified atom stereocenters. The number of nitrogens with zero attached hydrogens (tertiary/aromatic N) is 2. The highest BCUT2D eigenvalue weighted by Crippen LogP contribution is 2.43. The minimum atomic E-state index is -3.75. The summed E-state index contributed by atoms with van der Waals surface area (Å²) in [4.78, 5) is 1.73. The first kappa shape index (κ1) is 24.4. The molecule has 0 spiro atoms. The van der Waals surface area contributed by atoms with Crippen LogP contribution in [0.1, 0.15) is 5.56 Å². The van der Waals surface area contributed by atoms with Gasteiger partial charge in [0.25, 0.3) is 0 Å². The van der Waals surface area contributed by atoms with Crippen LogP contribution in [0.3, 0.4) is 0 Å². The first-order valence-electron chi connectivity index (χ1n) is 9.08. The lowest BCUT2D eigenvalue weighted by atomic mass is 10.0. The standard InChI is InChI=1S/C19H22ClN3O5S2.BrH/c1-22(2)30(25,26)17-8-12(4-6-14(17)20)19(24)10-29-18(23(19)3)21-13-5-7-15-16(9-13)28-11-27-15;/h4-9,18,21,24H,10-11H2,1-3H3;1H. The Bertz CT molecular complexity index is 1090. The molecule has 2 aromatic carbocycles. The van der Waals surface area contributed by atoms with E-state index >= 15 is 0 Å². The van der Waals surface area contributed by atoms with E-state index in [9.17, 15) is 13.5 Å². The van der Waals surface area contributed by atoms with E-state index in [4.69, 9.17) is 21.1 Å². The number of hydrogen-bond donors (Lipinski definition) is 2. The van der Waals surface area contributed by atoms with Gasteiger partial charge in [-0.3, -0.25) is 0 Å². The van der Waals surface area contributed by atoms with Gasteiger partial charge in [0.2, 0.25) is 16.8 Å². The van der Waals surface area contributed by atoms with Crippen LogP contribution in [0.15, 0.2) is 41.3 Å². The summed E-state index contributed by atoms with van der Waals surface area (Å²) in [6.07, 6.45) is 0. The predicted octanol–water partition coefficient (Wildman–Crippen LogP) is 3.12. The van der Waals surface area contributed by atoms with Crippen molar-refractivity contribution in [2.24, 2.45) is 0 Å². The second kappa shape index (κ2) is 8.97. The van der Waals surface area contributed by atoms with Crippen LogP contribution in [0.4, 0.5) is 5.69 Å². The first-order chi connectivity index (χ1) is 14.1. The third-order valence-electron chi connectivity index (χ3n) is 5.19. The minimum absolute atomic E-state index is 0. The molecular weight excluding hydrogens is 530 g/mol. The quantitative estimate of drug-likeness (QED) is 0.585. The average Bonchev–Trinajstić information content (AvgIpc) is 3.28. The van der Waals surface area contributed by atoms with Crippen molar-refractivity contribution in [2.75, 3.05) is 39.0 Å². The number of benzene rings is 2. The van der Waals surface area contributed by atoms with E-state index in [1.807, 2.05) is 18.2 Å². The van der Waals surface area contributed by atoms with E-state index in [1.165, 1.54) is 38.0 Å². The van der Waals surface area contributed by atoms with E-state index < -0.39 is 15.7 Å². The van der Waals surface area contributed by atoms with Crippen molar-refractivity contribution < 1.29 is 23.0 Å². The molecule has 8 nitrogen and oxygen atoms in total. The fourth-order valence-corrected chi connectivity index (χ4v) is 6.08. The van der Waals surface area contributed by atoms with Gasteiger partial charge < -0.3 is 19.9 Å². The zero-order valence-corrected chi connectivity index (χ0v) is 21.1. The third-order valence-corrected chi connectivity index (χ3v) is 8.81. The van der Waals surface area contributed by atoms with Crippen molar-refractivity contribution in [3.8, 4) is 11.5 Å². The maximum absolute atomic E-state index is 12.6. The van der Waals surface area contributed by atoms with Gasteiger partial charge in [0.05, 0.1) is 5.02 Å². The summed E-state index contributed by atoms with van der Waals surface area (Å²) in [6.45, 7) is 0.200. The molecule has 2 aliphatic heterocycles. The normalized spacial score (nSPS) is 23.1. The van der Waals surface area contributed by atoms with E-state index in [2.05, 4.69) is 5.32 Å². The summed E-state index contributed by atoms with van der Waals surface area (Å²) < 4.78 is 37.1. The molecule has 2 aliphatic rings. The number of anilines is 1. The minimum Gasteiger partial charge on any atom is -0.454 e. The molecule has 0 saturated carbocycles. The number of fused-ring (bicyclic) bond motifs is 1. The molecule has 1 saturated heterocycles. The van der Waals surface area contributed by atoms with Crippen LogP contribution in [0, 0.1) is 0 Å². The fourth-order valence-electron chi connectivity index (χ4n) is 3.30. The van der Waals surface area contributed by atoms with E-state index in [0.717, 1.165) is 9.99 Å². The van der Waals surface area contributed by atoms with Crippen LogP contribution in [0.5, 0.6) is 11.5 Å². The molecule has 12 heteroatoms. The van der Waals surface area contributed by atoms with Gasteiger partial charge in [-0.25, -0.2) is 17.6 Å². The van der Waals surface area contributed by atoms with Crippen LogP contribution in [-0.4, -0.2) is 61.9 Å². The number of aliphatic hydroxyl groups is 1. The maximum Gasteiger partial charge on any atom is 0.244 e. The molecule has 1 fully saturated rings. The van der Waals surface area contributed by atoms with Gasteiger partial charge in [0.1, 0.15) is 10.4 Å². The van der Waals surface area contributed by atoms with Gasteiger partial charge in [-0.15, -0.1) is 28.7 Å². The van der Waals surface area contributed by atoms with Crippen LogP contribution in [-0.2, 0) is 15.7 Å². The molecular formula is C19H23BrClN3O5S2. The van der Waals surface area contributed by atoms with Gasteiger partial charge in [0, 0.05) is 37.2 Å². The van der Waals surface area contributed by atoms with Crippen LogP contribution in [0.25, 0.3) is 0 Å². The fraction of sp³-hybridized carbons (Fsp3) is 0.368. The Balaban J connectivity index is 0.00000272. The zero-order valence-electron chi connectivity index (χ0n) is 17.0. The molecule has 2 N–H and O–H groups in total. The van der Waals surface area contributed by atoms with Crippen molar-refractivity contribution in [3.05, 3.63) is 47.0 Å². The highest BCUT2D eigenvalue weighted by molar-refractivity contribution is 8.93. The van der Waals surface area contributed by atoms with E-state index in [1.54, 1.807) is 18.0 Å². The van der Waals surface area contributed by atoms with Gasteiger partial charge in [-0.2, -0.15) is 0 Å². The largest absolute Gasteiger partial charge is 0.454 e. The van der Waals surface area contributed by atoms with Gasteiger partial charge in [0.15, 0.2) is 17.2 Å². The number of nitrogens with one attached hydrogen (secondary N) is 1. The van der Waals surface area contributed by atoms with Crippen molar-refractivity contribution in [1.82, 2.24) is 9.21 Å². The molecule has 2 atom stereocenters. The van der Waals surface area contributed by atoms with Gasteiger partial charge >= 0.3 is 0 Å². The summed E-state index contributed by atoms with van der Waals surface area (Å²) in [5.41, 5.74) is -0.350. The topological polar surface area (TPSA) is 91.3 Å². The average molecular weight is 553 g/mol. The van der Waals surface area contributed by atoms with Crippen molar-refractivity contribution in [2.45, 2.75) is 16.1 Å². The molecule has 0 amide bonds. The SMILES string of the molecule is Br.CN1C(Nc2ccc3c(c2)OCO3)SCC1(O)c1ccc(Cl)c(S(=O)(=O)N(C)C)c1. The molecule has 2 aromatic rings. The van der Waals surface area contributed by atoms with Crippen LogP contribution < -0.4 is 14.8 Å². The number of halogens is 2. The first-order valence-corrected chi connectivity index (χ1v) is 12.0. The maximum atomic E-state index is 12.6. The molecule has 31 heavy (non-hydrogen) atoms. The monoisotopic (exact) mass is 551 g/mol. The summed E-state index contributed by atoms with van der Waals surface area (Å²) in [5.74, 6) is 1.70. The summed E-state index contributed by atoms with van der Waals surface area (Å²) >= 11 is 7.66. The van der Waals surface area contributed by atoms with Crippen LogP contribution in [0.2, 0.25) is 5.02 Å². The number of ether oxygens (including phenoxy) is 2. The molecule has 2 heterocycles. The Hall–Kier alpha value is -1.21. The lowest BCUT2D eigenvalue weighted by Crippen LogP contribution is -2.46. The van der Waals surface area contributed by atoms with Crippen LogP contribution >= 0.6 is 40.3 Å². The summed E-state index contributed by atoms with van der Waals surface area (Å²) in [6, 6.07) is 10.1. The molecule has 170 valence electrons. The summed E-state index contributed by atoms with van der Waals surface area (Å²) in [7, 11) is 0.910. The van der Waals surface area contributed by atoms with Gasteiger partial charge in [-0.1, -0.05) is 17.7 Å². The number of thioether (sulfide) groups is 1. The molecule has 0 aliphatic carbocycles. The molecule has 4 rings (SSSR count). The second-order valence-corrected chi connectivity index (χ2v) is 10.8. The Morgan fingerprint density at radius 2 is 1.94 bits per heavy atom. The molecule has 0 bridgehead atoms. The Morgan fingerprint density at radius 1 is 1.23 bits per heavy atom. The lowest BCUT2D eigenvalue weighted by Gasteiger charge is -2.34. The Labute approximate surface area is 201 Å². The summed E-state index contributed by atoms with van der Waals surface area (Å²) in [5, 5.41) is 14.9. The highest BCUT2D eigenvalue weighted by Gasteiger charge is 2.45. The highest BCUT2D eigenvalue weighted by atomic mass is 79.9. The number of sulfonamides is 1. The lowest BCUT2D eigenvalue weighted by molar-refractivity contribution is -0.0736. The smallest absolute Gasteiger partial charge is 0.244 e.